The van der Waals surface area contributed by atoms with Crippen LogP contribution in [0.15, 0.2) is 48.7 Å². The molecule has 0 unspecified atom stereocenters. The first-order valence-corrected chi connectivity index (χ1v) is 12.1. The first-order valence-electron chi connectivity index (χ1n) is 11.3. The van der Waals surface area contributed by atoms with Gasteiger partial charge in [0.25, 0.3) is 0 Å². The lowest BCUT2D eigenvalue weighted by Gasteiger charge is -2.26. The molecule has 1 amide bonds. The lowest BCUT2D eigenvalue weighted by atomic mass is 10.1. The van der Waals surface area contributed by atoms with Crippen molar-refractivity contribution in [1.82, 2.24) is 15.1 Å². The number of benzene rings is 1. The van der Waals surface area contributed by atoms with E-state index in [1.165, 1.54) is 11.3 Å². The minimum Gasteiger partial charge on any atom is -0.492 e. The van der Waals surface area contributed by atoms with E-state index in [0.29, 0.717) is 11.7 Å². The van der Waals surface area contributed by atoms with Gasteiger partial charge in [-0.05, 0) is 43.0 Å². The molecular formula is C24H33N5O3S. The summed E-state index contributed by atoms with van der Waals surface area (Å²) in [6, 6.07) is 7.66. The lowest BCUT2D eigenvalue weighted by molar-refractivity contribution is -0.115. The predicted octanol–water partition coefficient (Wildman–Crippen LogP) is 3.17. The fourth-order valence-electron chi connectivity index (χ4n) is 3.46. The van der Waals surface area contributed by atoms with E-state index in [-0.39, 0.29) is 12.3 Å². The number of hydrogen-bond donors (Lipinski definition) is 2. The van der Waals surface area contributed by atoms with Crippen LogP contribution in [0, 0.1) is 0 Å². The lowest BCUT2D eigenvalue weighted by Crippen LogP contribution is -2.38. The number of carbonyl (C=O) groups is 1. The van der Waals surface area contributed by atoms with Gasteiger partial charge in [0.05, 0.1) is 19.6 Å². The summed E-state index contributed by atoms with van der Waals surface area (Å²) in [5.74, 6) is 0.654. The normalized spacial score (nSPS) is 14.7. The number of anilines is 1. The van der Waals surface area contributed by atoms with Crippen LogP contribution in [-0.4, -0.2) is 60.5 Å². The molecule has 0 radical (unpaired) electrons. The molecule has 178 valence electrons. The second-order valence-electron chi connectivity index (χ2n) is 7.86. The Hall–Kier alpha value is -2.75. The van der Waals surface area contributed by atoms with Crippen molar-refractivity contribution < 1.29 is 14.3 Å². The number of amides is 1. The maximum absolute atomic E-state index is 12.5. The number of unbranched alkanes of at least 4 members (excludes halogenated alkanes) is 1. The molecule has 33 heavy (non-hydrogen) atoms. The highest BCUT2D eigenvalue weighted by molar-refractivity contribution is 7.15. The Kier molecular flexibility index (Phi) is 10.3. The van der Waals surface area contributed by atoms with E-state index in [1.807, 2.05) is 30.3 Å². The van der Waals surface area contributed by atoms with Crippen molar-refractivity contribution in [2.24, 2.45) is 5.73 Å². The first kappa shape index (κ1) is 24.9. The standard InChI is InChI=1S/C24H33N5O3S/c1-2-6-20(25)8-3-4-10-23-27-28-24(33-23)26-22(30)18-19-7-5-9-21(17-19)32-16-13-29-11-14-31-15-12-29/h2,5-7,9,17H,1,3-4,8,10-16,18,25H2,(H,26,28,30)/b20-6-. The van der Waals surface area contributed by atoms with Crippen molar-refractivity contribution in [1.29, 1.82) is 0 Å². The fourth-order valence-corrected chi connectivity index (χ4v) is 4.25. The molecular weight excluding hydrogens is 438 g/mol. The highest BCUT2D eigenvalue weighted by Crippen LogP contribution is 2.19. The molecule has 0 atom stereocenters. The van der Waals surface area contributed by atoms with Gasteiger partial charge in [0.1, 0.15) is 17.4 Å². The van der Waals surface area contributed by atoms with Crippen molar-refractivity contribution in [3.8, 4) is 5.75 Å². The quantitative estimate of drug-likeness (QED) is 0.342. The van der Waals surface area contributed by atoms with Crippen molar-refractivity contribution >= 4 is 22.4 Å². The number of allylic oxidation sites excluding steroid dienone is 3. The third kappa shape index (κ3) is 9.33. The van der Waals surface area contributed by atoms with Gasteiger partial charge in [-0.1, -0.05) is 36.1 Å². The van der Waals surface area contributed by atoms with Gasteiger partial charge >= 0.3 is 0 Å². The molecule has 0 spiro atoms. The minimum absolute atomic E-state index is 0.120. The Morgan fingerprint density at radius 2 is 2.15 bits per heavy atom. The zero-order chi connectivity index (χ0) is 23.3. The largest absolute Gasteiger partial charge is 0.492 e. The van der Waals surface area contributed by atoms with Crippen molar-refractivity contribution in [2.45, 2.75) is 32.1 Å². The Bertz CT molecular complexity index is 924. The molecule has 0 aliphatic carbocycles. The number of morpholine rings is 1. The van der Waals surface area contributed by atoms with E-state index in [4.69, 9.17) is 15.2 Å². The van der Waals surface area contributed by atoms with Gasteiger partial charge in [0.15, 0.2) is 0 Å². The maximum atomic E-state index is 12.5. The number of aromatic nitrogens is 2. The van der Waals surface area contributed by atoms with Gasteiger partial charge in [0, 0.05) is 31.8 Å². The molecule has 3 rings (SSSR count). The van der Waals surface area contributed by atoms with Gasteiger partial charge < -0.3 is 20.5 Å². The summed E-state index contributed by atoms with van der Waals surface area (Å²) in [6.45, 7) is 8.57. The molecule has 2 aromatic rings. The number of rotatable bonds is 13. The van der Waals surface area contributed by atoms with Crippen LogP contribution in [0.4, 0.5) is 5.13 Å². The molecule has 1 aromatic carbocycles. The highest BCUT2D eigenvalue weighted by Gasteiger charge is 2.11. The predicted molar refractivity (Wildman–Crippen MR) is 131 cm³/mol. The van der Waals surface area contributed by atoms with Crippen molar-refractivity contribution in [3.05, 3.63) is 59.3 Å². The molecule has 0 bridgehead atoms. The van der Waals surface area contributed by atoms with Crippen LogP contribution < -0.4 is 15.8 Å². The summed E-state index contributed by atoms with van der Waals surface area (Å²) in [5, 5.41) is 12.6. The average Bonchev–Trinajstić information content (AvgIpc) is 3.25. The van der Waals surface area contributed by atoms with Crippen LogP contribution >= 0.6 is 11.3 Å². The smallest absolute Gasteiger partial charge is 0.230 e. The van der Waals surface area contributed by atoms with E-state index < -0.39 is 0 Å². The van der Waals surface area contributed by atoms with E-state index in [9.17, 15) is 4.79 Å². The van der Waals surface area contributed by atoms with Crippen LogP contribution in [0.1, 0.15) is 29.8 Å². The van der Waals surface area contributed by atoms with Crippen LogP contribution in [0.25, 0.3) is 0 Å². The summed E-state index contributed by atoms with van der Waals surface area (Å²) >= 11 is 1.41. The van der Waals surface area contributed by atoms with Crippen LogP contribution in [-0.2, 0) is 22.4 Å². The molecule has 1 saturated heterocycles. The number of hydrogen-bond acceptors (Lipinski definition) is 8. The first-order chi connectivity index (χ1) is 16.1. The summed E-state index contributed by atoms with van der Waals surface area (Å²) in [7, 11) is 0. The monoisotopic (exact) mass is 471 g/mol. The van der Waals surface area contributed by atoms with Gasteiger partial charge in [0.2, 0.25) is 11.0 Å². The van der Waals surface area contributed by atoms with E-state index in [2.05, 4.69) is 27.0 Å². The highest BCUT2D eigenvalue weighted by atomic mass is 32.1. The fraction of sp³-hybridized carbons (Fsp3) is 0.458. The second kappa shape index (κ2) is 13.7. The molecule has 2 heterocycles. The molecule has 1 aromatic heterocycles. The Morgan fingerprint density at radius 1 is 1.30 bits per heavy atom. The Morgan fingerprint density at radius 3 is 2.97 bits per heavy atom. The van der Waals surface area contributed by atoms with Gasteiger partial charge in [-0.3, -0.25) is 9.69 Å². The summed E-state index contributed by atoms with van der Waals surface area (Å²) < 4.78 is 11.2. The third-order valence-electron chi connectivity index (χ3n) is 5.19. The molecule has 8 nitrogen and oxygen atoms in total. The topological polar surface area (TPSA) is 103 Å². The van der Waals surface area contributed by atoms with Gasteiger partial charge in [-0.25, -0.2) is 0 Å². The SMILES string of the molecule is C=C/C=C(\N)CCCCc1nnc(NC(=O)Cc2cccc(OCCN3CCOCC3)c2)s1. The Labute approximate surface area is 199 Å². The van der Waals surface area contributed by atoms with Gasteiger partial charge in [-0.15, -0.1) is 10.2 Å². The van der Waals surface area contributed by atoms with Crippen LogP contribution in [0.5, 0.6) is 5.75 Å². The number of aryl methyl sites for hydroxylation is 1. The van der Waals surface area contributed by atoms with E-state index >= 15 is 0 Å². The maximum Gasteiger partial charge on any atom is 0.230 e. The average molecular weight is 472 g/mol. The molecule has 0 saturated carbocycles. The van der Waals surface area contributed by atoms with Crippen LogP contribution in [0.2, 0.25) is 0 Å². The number of nitrogens with zero attached hydrogens (tertiary/aromatic N) is 3. The van der Waals surface area contributed by atoms with Gasteiger partial charge in [-0.2, -0.15) is 0 Å². The van der Waals surface area contributed by atoms with Crippen molar-refractivity contribution in [3.63, 3.8) is 0 Å². The number of ether oxygens (including phenoxy) is 2. The second-order valence-corrected chi connectivity index (χ2v) is 8.92. The summed E-state index contributed by atoms with van der Waals surface area (Å²) in [6.07, 6.45) is 7.37. The minimum atomic E-state index is -0.120. The molecule has 9 heteroatoms. The number of nitrogens with two attached hydrogens (primary N) is 1. The Balaban J connectivity index is 1.38. The molecule has 3 N–H and O–H groups in total. The molecule has 1 aliphatic heterocycles. The molecule has 1 aliphatic rings. The summed E-state index contributed by atoms with van der Waals surface area (Å²) in [5.41, 5.74) is 7.58. The zero-order valence-electron chi connectivity index (χ0n) is 19.0. The zero-order valence-corrected chi connectivity index (χ0v) is 19.8. The third-order valence-corrected chi connectivity index (χ3v) is 6.09. The van der Waals surface area contributed by atoms with E-state index in [1.54, 1.807) is 6.08 Å². The number of nitrogens with one attached hydrogen (secondary N) is 1. The van der Waals surface area contributed by atoms with Crippen molar-refractivity contribution in [2.75, 3.05) is 44.8 Å². The van der Waals surface area contributed by atoms with Crippen LogP contribution in [0.3, 0.4) is 0 Å². The number of carbonyl (C=O) groups excluding carboxylic acids is 1. The molecule has 1 fully saturated rings. The van der Waals surface area contributed by atoms with E-state index in [0.717, 1.165) is 80.5 Å². The summed E-state index contributed by atoms with van der Waals surface area (Å²) in [4.78, 5) is 14.8.